The average Bonchev–Trinajstić information content (AvgIpc) is 3.49. The van der Waals surface area contributed by atoms with E-state index in [1.165, 1.54) is 0 Å². The number of halogens is 1. The summed E-state index contributed by atoms with van der Waals surface area (Å²) in [5.74, 6) is 2.37. The molecule has 1 aliphatic heterocycles. The van der Waals surface area contributed by atoms with Crippen molar-refractivity contribution in [1.29, 1.82) is 0 Å². The van der Waals surface area contributed by atoms with Gasteiger partial charge in [-0.25, -0.2) is 0 Å². The maximum Gasteiger partial charge on any atom is 0.264 e. The lowest BCUT2D eigenvalue weighted by Crippen LogP contribution is -2.11. The van der Waals surface area contributed by atoms with E-state index in [2.05, 4.69) is 15.5 Å². The number of hydrogen-bond acceptors (Lipinski definition) is 7. The summed E-state index contributed by atoms with van der Waals surface area (Å²) < 4.78 is 21.6. The lowest BCUT2D eigenvalue weighted by Gasteiger charge is -2.06. The van der Waals surface area contributed by atoms with Gasteiger partial charge in [0.25, 0.3) is 11.8 Å². The Labute approximate surface area is 194 Å². The van der Waals surface area contributed by atoms with Crippen molar-refractivity contribution in [2.24, 2.45) is 0 Å². The van der Waals surface area contributed by atoms with Crippen LogP contribution < -0.4 is 19.5 Å². The smallest absolute Gasteiger partial charge is 0.264 e. The third-order valence-electron chi connectivity index (χ3n) is 5.00. The minimum atomic E-state index is -0.252. The number of ether oxygens (including phenoxy) is 3. The molecule has 1 aliphatic rings. The van der Waals surface area contributed by atoms with Crippen molar-refractivity contribution < 1.29 is 23.5 Å². The molecule has 0 saturated heterocycles. The summed E-state index contributed by atoms with van der Waals surface area (Å²) in [5.41, 5.74) is 2.77. The van der Waals surface area contributed by atoms with E-state index >= 15 is 0 Å². The summed E-state index contributed by atoms with van der Waals surface area (Å²) in [6.07, 6.45) is 0. The molecule has 0 bridgehead atoms. The predicted octanol–water partition coefficient (Wildman–Crippen LogP) is 5.26. The second-order valence-electron chi connectivity index (χ2n) is 7.31. The molecule has 1 amide bonds. The number of nitrogens with one attached hydrogen (secondary N) is 1. The van der Waals surface area contributed by atoms with Gasteiger partial charge in [0, 0.05) is 21.8 Å². The van der Waals surface area contributed by atoms with Crippen LogP contribution in [-0.2, 0) is 6.61 Å². The number of fused-ring (bicyclic) bond motifs is 1. The molecule has 2 heterocycles. The largest absolute Gasteiger partial charge is 0.484 e. The van der Waals surface area contributed by atoms with E-state index in [1.54, 1.807) is 54.6 Å². The third-order valence-corrected chi connectivity index (χ3v) is 5.42. The maximum atomic E-state index is 12.5. The van der Waals surface area contributed by atoms with Crippen LogP contribution in [0.25, 0.3) is 11.4 Å². The topological polar surface area (TPSA) is 95.7 Å². The van der Waals surface area contributed by atoms with Gasteiger partial charge in [0.15, 0.2) is 18.1 Å². The van der Waals surface area contributed by atoms with Crippen molar-refractivity contribution in [3.8, 4) is 28.6 Å². The Morgan fingerprint density at radius 2 is 1.88 bits per heavy atom. The minimum absolute atomic E-state index is 0.137. The first-order valence-electron chi connectivity index (χ1n) is 10.1. The van der Waals surface area contributed by atoms with E-state index < -0.39 is 0 Å². The normalized spacial score (nSPS) is 11.9. The molecule has 0 saturated carbocycles. The fraction of sp³-hybridized carbons (Fsp3) is 0.125. The number of benzene rings is 3. The average molecular weight is 464 g/mol. The first-order valence-corrected chi connectivity index (χ1v) is 10.5. The minimum Gasteiger partial charge on any atom is -0.484 e. The van der Waals surface area contributed by atoms with Gasteiger partial charge in [-0.3, -0.25) is 4.79 Å². The summed E-state index contributed by atoms with van der Waals surface area (Å²) >= 11 is 6.03. The number of aryl methyl sites for hydroxylation is 1. The van der Waals surface area contributed by atoms with Crippen LogP contribution in [-0.4, -0.2) is 22.8 Å². The van der Waals surface area contributed by atoms with Crippen molar-refractivity contribution in [2.75, 3.05) is 12.1 Å². The zero-order chi connectivity index (χ0) is 22.8. The molecule has 9 heteroatoms. The zero-order valence-corrected chi connectivity index (χ0v) is 18.3. The standard InChI is InChI=1S/C24H18ClN3O5/c1-14-10-18(7-8-19(14)25)30-12-22-27-23(28-33-22)15-2-5-17(6-3-15)26-24(29)16-4-9-20-21(11-16)32-13-31-20/h2-11H,12-13H2,1H3,(H,26,29). The first-order chi connectivity index (χ1) is 16.0. The van der Waals surface area contributed by atoms with Gasteiger partial charge in [0.1, 0.15) is 5.75 Å². The first kappa shape index (κ1) is 20.8. The molecular weight excluding hydrogens is 446 g/mol. The quantitative estimate of drug-likeness (QED) is 0.416. The van der Waals surface area contributed by atoms with E-state index in [9.17, 15) is 4.79 Å². The molecule has 0 atom stereocenters. The highest BCUT2D eigenvalue weighted by Crippen LogP contribution is 2.32. The van der Waals surface area contributed by atoms with Crippen molar-refractivity contribution >= 4 is 23.2 Å². The number of hydrogen-bond donors (Lipinski definition) is 1. The molecule has 4 aromatic rings. The fourth-order valence-electron chi connectivity index (χ4n) is 3.23. The molecule has 166 valence electrons. The number of amides is 1. The van der Waals surface area contributed by atoms with Gasteiger partial charge in [-0.15, -0.1) is 0 Å². The molecule has 8 nitrogen and oxygen atoms in total. The Bertz CT molecular complexity index is 1320. The lowest BCUT2D eigenvalue weighted by atomic mass is 10.1. The van der Waals surface area contributed by atoms with Gasteiger partial charge in [-0.05, 0) is 73.2 Å². The van der Waals surface area contributed by atoms with Crippen LogP contribution in [0, 0.1) is 6.92 Å². The SMILES string of the molecule is Cc1cc(OCc2nc(-c3ccc(NC(=O)c4ccc5c(c4)OCO5)cc3)no2)ccc1Cl. The summed E-state index contributed by atoms with van der Waals surface area (Å²) in [4.78, 5) is 16.9. The summed E-state index contributed by atoms with van der Waals surface area (Å²) in [6.45, 7) is 2.20. The molecule has 0 aliphatic carbocycles. The molecule has 5 rings (SSSR count). The van der Waals surface area contributed by atoms with Crippen LogP contribution in [0.3, 0.4) is 0 Å². The molecule has 0 spiro atoms. The van der Waals surface area contributed by atoms with Crippen LogP contribution in [0.2, 0.25) is 5.02 Å². The van der Waals surface area contributed by atoms with Gasteiger partial charge in [-0.2, -0.15) is 4.98 Å². The van der Waals surface area contributed by atoms with Crippen molar-refractivity contribution in [2.45, 2.75) is 13.5 Å². The zero-order valence-electron chi connectivity index (χ0n) is 17.5. The maximum absolute atomic E-state index is 12.5. The molecule has 33 heavy (non-hydrogen) atoms. The van der Waals surface area contributed by atoms with Crippen LogP contribution in [0.4, 0.5) is 5.69 Å². The van der Waals surface area contributed by atoms with Crippen molar-refractivity contribution in [3.05, 3.63) is 82.7 Å². The molecular formula is C24H18ClN3O5. The Morgan fingerprint density at radius 3 is 2.70 bits per heavy atom. The summed E-state index contributed by atoms with van der Waals surface area (Å²) in [6, 6.07) is 17.6. The van der Waals surface area contributed by atoms with Gasteiger partial charge in [-0.1, -0.05) is 16.8 Å². The van der Waals surface area contributed by atoms with E-state index in [-0.39, 0.29) is 19.3 Å². The van der Waals surface area contributed by atoms with Gasteiger partial charge < -0.3 is 24.1 Å². The van der Waals surface area contributed by atoms with Gasteiger partial charge in [0.05, 0.1) is 0 Å². The number of rotatable bonds is 6. The van der Waals surface area contributed by atoms with Crippen LogP contribution in [0.5, 0.6) is 17.2 Å². The highest BCUT2D eigenvalue weighted by atomic mass is 35.5. The Morgan fingerprint density at radius 1 is 1.06 bits per heavy atom. The van der Waals surface area contributed by atoms with Crippen LogP contribution >= 0.6 is 11.6 Å². The molecule has 1 aromatic heterocycles. The number of nitrogens with zero attached hydrogens (tertiary/aromatic N) is 2. The monoisotopic (exact) mass is 463 g/mol. The second-order valence-corrected chi connectivity index (χ2v) is 7.72. The summed E-state index contributed by atoms with van der Waals surface area (Å²) in [5, 5.41) is 7.53. The Balaban J connectivity index is 1.21. The van der Waals surface area contributed by atoms with Crippen LogP contribution in [0.15, 0.2) is 65.2 Å². The highest BCUT2D eigenvalue weighted by Gasteiger charge is 2.16. The number of aromatic nitrogens is 2. The molecule has 0 radical (unpaired) electrons. The fourth-order valence-corrected chi connectivity index (χ4v) is 3.34. The number of carbonyl (C=O) groups is 1. The second kappa shape index (κ2) is 8.84. The number of carbonyl (C=O) groups excluding carboxylic acids is 1. The predicted molar refractivity (Wildman–Crippen MR) is 121 cm³/mol. The molecule has 1 N–H and O–H groups in total. The third kappa shape index (κ3) is 4.61. The van der Waals surface area contributed by atoms with E-state index in [4.69, 9.17) is 30.3 Å². The Hall–Kier alpha value is -4.04. The van der Waals surface area contributed by atoms with Crippen molar-refractivity contribution in [1.82, 2.24) is 10.1 Å². The highest BCUT2D eigenvalue weighted by molar-refractivity contribution is 6.31. The molecule has 0 unspecified atom stereocenters. The van der Waals surface area contributed by atoms with Crippen LogP contribution in [0.1, 0.15) is 21.8 Å². The van der Waals surface area contributed by atoms with Gasteiger partial charge in [0.2, 0.25) is 12.6 Å². The molecule has 0 fully saturated rings. The van der Waals surface area contributed by atoms with Crippen molar-refractivity contribution in [3.63, 3.8) is 0 Å². The summed E-state index contributed by atoms with van der Waals surface area (Å²) in [7, 11) is 0. The van der Waals surface area contributed by atoms with E-state index in [0.29, 0.717) is 45.2 Å². The van der Waals surface area contributed by atoms with Gasteiger partial charge >= 0.3 is 0 Å². The Kier molecular flexibility index (Phi) is 5.58. The lowest BCUT2D eigenvalue weighted by molar-refractivity contribution is 0.102. The number of anilines is 1. The molecule has 3 aromatic carbocycles. The van der Waals surface area contributed by atoms with E-state index in [1.807, 2.05) is 13.0 Å². The van der Waals surface area contributed by atoms with E-state index in [0.717, 1.165) is 11.1 Å².